The van der Waals surface area contributed by atoms with E-state index < -0.39 is 23.0 Å². The molecule has 4 rings (SSSR count). The van der Waals surface area contributed by atoms with Gasteiger partial charge in [-0.25, -0.2) is 4.98 Å². The summed E-state index contributed by atoms with van der Waals surface area (Å²) in [4.78, 5) is 70.6. The number of carbonyl (C=O) groups excluding carboxylic acids is 3. The van der Waals surface area contributed by atoms with E-state index in [1.54, 1.807) is 36.4 Å². The number of nitrogens with two attached hydrogens (primary N) is 1. The van der Waals surface area contributed by atoms with Crippen LogP contribution in [-0.4, -0.2) is 49.6 Å². The zero-order valence-electron chi connectivity index (χ0n) is 22.7. The number of Topliss-reactive ketones (excluding diaryl/α,β-unsaturated/α-hetero) is 1. The van der Waals surface area contributed by atoms with Gasteiger partial charge in [-0.2, -0.15) is 0 Å². The molecular weight excluding hydrogens is 546 g/mol. The molecule has 0 unspecified atom stereocenters. The highest BCUT2D eigenvalue weighted by atomic mass is 35.5. The topological polar surface area (TPSA) is 137 Å². The molecule has 1 aliphatic carbocycles. The highest BCUT2D eigenvalue weighted by molar-refractivity contribution is 6.49. The van der Waals surface area contributed by atoms with E-state index in [0.717, 1.165) is 25.3 Å². The van der Waals surface area contributed by atoms with Crippen LogP contribution < -0.4 is 16.9 Å². The molecule has 1 aliphatic rings. The lowest BCUT2D eigenvalue weighted by molar-refractivity contribution is -0.133. The summed E-state index contributed by atoms with van der Waals surface area (Å²) < 4.78 is 2.49. The van der Waals surface area contributed by atoms with Gasteiger partial charge in [0.1, 0.15) is 18.1 Å². The third-order valence-electron chi connectivity index (χ3n) is 6.66. The van der Waals surface area contributed by atoms with E-state index in [2.05, 4.69) is 11.9 Å². The van der Waals surface area contributed by atoms with Crippen LogP contribution in [0.25, 0.3) is 17.1 Å². The van der Waals surface area contributed by atoms with Crippen LogP contribution >= 0.6 is 12.4 Å². The number of pyridine rings is 1. The normalized spacial score (nSPS) is 12.8. The number of allylic oxidation sites excluding steroid dienone is 3. The number of benzene rings is 1. The quantitative estimate of drug-likeness (QED) is 0.210. The molecule has 41 heavy (non-hydrogen) atoms. The van der Waals surface area contributed by atoms with E-state index in [1.165, 1.54) is 38.6 Å². The molecule has 0 atom stereocenters. The second-order valence-corrected chi connectivity index (χ2v) is 9.47. The monoisotopic (exact) mass is 577 g/mol. The lowest BCUT2D eigenvalue weighted by atomic mass is 9.98. The molecule has 10 nitrogen and oxygen atoms in total. The number of nitrogens with zero attached hydrogens (tertiary/aromatic N) is 4. The molecule has 0 bridgehead atoms. The Hall–Kier alpha value is -4.57. The first-order chi connectivity index (χ1) is 19.3. The van der Waals surface area contributed by atoms with Crippen LogP contribution in [0, 0.1) is 0 Å². The van der Waals surface area contributed by atoms with E-state index in [1.807, 2.05) is 6.07 Å². The van der Waals surface area contributed by atoms with Crippen LogP contribution in [0.15, 0.2) is 88.2 Å². The number of aromatic nitrogens is 3. The van der Waals surface area contributed by atoms with Gasteiger partial charge in [-0.3, -0.25) is 33.1 Å². The second-order valence-electron chi connectivity index (χ2n) is 9.47. The summed E-state index contributed by atoms with van der Waals surface area (Å²) >= 11 is 0. The highest BCUT2D eigenvalue weighted by Gasteiger charge is 2.29. The predicted octanol–water partition coefficient (Wildman–Crippen LogP) is 3.10. The average Bonchev–Trinajstić information content (AvgIpc) is 2.96. The number of nitrogen functional groups attached to an aromatic ring is 1. The third-order valence-corrected chi connectivity index (χ3v) is 6.66. The fourth-order valence-electron chi connectivity index (χ4n) is 4.52. The Morgan fingerprint density at radius 2 is 1.68 bits per heavy atom. The van der Waals surface area contributed by atoms with Crippen molar-refractivity contribution in [1.82, 2.24) is 19.0 Å². The first-order valence-electron chi connectivity index (χ1n) is 13.2. The number of halogens is 1. The van der Waals surface area contributed by atoms with E-state index in [9.17, 15) is 24.0 Å². The zero-order chi connectivity index (χ0) is 28.6. The Labute approximate surface area is 243 Å². The van der Waals surface area contributed by atoms with Crippen LogP contribution in [0.3, 0.4) is 0 Å². The van der Waals surface area contributed by atoms with Crippen LogP contribution in [0.2, 0.25) is 0 Å². The van der Waals surface area contributed by atoms with Gasteiger partial charge in [-0.15, -0.1) is 12.4 Å². The molecule has 3 aromatic rings. The minimum atomic E-state index is -0.785. The van der Waals surface area contributed by atoms with Crippen molar-refractivity contribution in [2.75, 3.05) is 18.8 Å². The minimum Gasteiger partial charge on any atom is -0.393 e. The van der Waals surface area contributed by atoms with Crippen molar-refractivity contribution in [3.8, 4) is 11.4 Å². The fourth-order valence-corrected chi connectivity index (χ4v) is 4.52. The van der Waals surface area contributed by atoms with Crippen molar-refractivity contribution < 1.29 is 14.4 Å². The highest BCUT2D eigenvalue weighted by Crippen LogP contribution is 2.21. The molecule has 0 fully saturated rings. The number of rotatable bonds is 11. The summed E-state index contributed by atoms with van der Waals surface area (Å²) in [5.41, 5.74) is 5.71. The molecule has 0 saturated heterocycles. The van der Waals surface area contributed by atoms with Crippen molar-refractivity contribution in [2.24, 2.45) is 0 Å². The molecule has 1 aromatic carbocycles. The van der Waals surface area contributed by atoms with Crippen molar-refractivity contribution in [3.63, 3.8) is 0 Å². The standard InChI is InChI=1S/C30H31N5O5.ClH/c1-2-3-4-9-16-33(19-22-24(14-15-25(36)28(22)39)34-17-10-8-13-26(34)37)27(38)20-35-29(21-11-6-5-7-12-21)32-18-23(31)30(35)40;/h5-8,10-15,17-18H,2-4,9,16,19-20,31H2,1H3;1H. The number of anilines is 1. The molecular formula is C30H32ClN5O5. The largest absolute Gasteiger partial charge is 0.393 e. The van der Waals surface area contributed by atoms with Gasteiger partial charge < -0.3 is 10.6 Å². The van der Waals surface area contributed by atoms with Crippen LogP contribution in [0.4, 0.5) is 5.69 Å². The maximum absolute atomic E-state index is 13.8. The summed E-state index contributed by atoms with van der Waals surface area (Å²) in [5, 5.41) is 0. The summed E-state index contributed by atoms with van der Waals surface area (Å²) in [5.74, 6) is -1.69. The summed E-state index contributed by atoms with van der Waals surface area (Å²) in [6.07, 6.45) is 8.77. The molecule has 0 saturated carbocycles. The summed E-state index contributed by atoms with van der Waals surface area (Å²) in [7, 11) is 0. The fraction of sp³-hybridized carbons (Fsp3) is 0.267. The number of carbonyl (C=O) groups is 3. The maximum Gasteiger partial charge on any atom is 0.277 e. The van der Waals surface area contributed by atoms with Gasteiger partial charge in [0.25, 0.3) is 11.1 Å². The Kier molecular flexibility index (Phi) is 10.7. The minimum absolute atomic E-state index is 0. The Bertz CT molecular complexity index is 1610. The molecule has 11 heteroatoms. The number of amides is 1. The molecule has 214 valence electrons. The molecule has 2 heterocycles. The first kappa shape index (κ1) is 31.0. The zero-order valence-corrected chi connectivity index (χ0v) is 23.5. The van der Waals surface area contributed by atoms with Crippen molar-refractivity contribution >= 4 is 41.3 Å². The van der Waals surface area contributed by atoms with Gasteiger partial charge in [0.2, 0.25) is 17.5 Å². The van der Waals surface area contributed by atoms with Crippen molar-refractivity contribution in [2.45, 2.75) is 39.2 Å². The molecule has 2 N–H and O–H groups in total. The molecule has 1 amide bonds. The molecule has 0 radical (unpaired) electrons. The lowest BCUT2D eigenvalue weighted by Gasteiger charge is -2.26. The van der Waals surface area contributed by atoms with Crippen LogP contribution in [0.5, 0.6) is 0 Å². The van der Waals surface area contributed by atoms with Gasteiger partial charge in [0, 0.05) is 29.9 Å². The van der Waals surface area contributed by atoms with Gasteiger partial charge in [0.15, 0.2) is 0 Å². The third kappa shape index (κ3) is 7.15. The van der Waals surface area contributed by atoms with Gasteiger partial charge in [-0.05, 0) is 24.6 Å². The van der Waals surface area contributed by atoms with Crippen molar-refractivity contribution in [1.29, 1.82) is 0 Å². The SMILES string of the molecule is CCCCCCN(CC1=C(n2ccccc2=O)C=CC(=O)C1=O)C(=O)Cn1c(-c2ccccc2)ncc(N)c1=O.Cl. The molecule has 2 aromatic heterocycles. The number of hydrogen-bond acceptors (Lipinski definition) is 7. The maximum atomic E-state index is 13.8. The second kappa shape index (κ2) is 14.2. The van der Waals surface area contributed by atoms with Crippen molar-refractivity contribution in [3.05, 3.63) is 99.4 Å². The van der Waals surface area contributed by atoms with E-state index in [4.69, 9.17) is 5.73 Å². The van der Waals surface area contributed by atoms with Crippen LogP contribution in [-0.2, 0) is 20.9 Å². The Balaban J connectivity index is 0.00000462. The number of hydrogen-bond donors (Lipinski definition) is 1. The van der Waals surface area contributed by atoms with E-state index >= 15 is 0 Å². The van der Waals surface area contributed by atoms with Gasteiger partial charge in [-0.1, -0.05) is 62.6 Å². The molecule has 0 spiro atoms. The smallest absolute Gasteiger partial charge is 0.277 e. The first-order valence-corrected chi connectivity index (χ1v) is 13.2. The number of unbranched alkanes of at least 4 members (excludes halogenated alkanes) is 3. The number of ketones is 2. The predicted molar refractivity (Wildman–Crippen MR) is 159 cm³/mol. The van der Waals surface area contributed by atoms with Crippen LogP contribution in [0.1, 0.15) is 32.6 Å². The Morgan fingerprint density at radius 1 is 0.951 bits per heavy atom. The summed E-state index contributed by atoms with van der Waals surface area (Å²) in [6, 6.07) is 13.5. The van der Waals surface area contributed by atoms with Gasteiger partial charge >= 0.3 is 0 Å². The summed E-state index contributed by atoms with van der Waals surface area (Å²) in [6.45, 7) is 1.78. The average molecular weight is 578 g/mol. The Morgan fingerprint density at radius 3 is 2.39 bits per heavy atom. The van der Waals surface area contributed by atoms with E-state index in [-0.39, 0.29) is 60.4 Å². The molecule has 0 aliphatic heterocycles. The van der Waals surface area contributed by atoms with Gasteiger partial charge in [0.05, 0.1) is 18.4 Å². The van der Waals surface area contributed by atoms with E-state index in [0.29, 0.717) is 12.0 Å². The lowest BCUT2D eigenvalue weighted by Crippen LogP contribution is -2.41.